The van der Waals surface area contributed by atoms with Gasteiger partial charge in [0.2, 0.25) is 0 Å². The van der Waals surface area contributed by atoms with Crippen molar-refractivity contribution >= 4 is 28.9 Å². The Morgan fingerprint density at radius 2 is 2.10 bits per heavy atom. The number of nitrogens with one attached hydrogen (secondary N) is 1. The van der Waals surface area contributed by atoms with Crippen molar-refractivity contribution in [3.8, 4) is 0 Å². The summed E-state index contributed by atoms with van der Waals surface area (Å²) in [6.45, 7) is 5.95. The summed E-state index contributed by atoms with van der Waals surface area (Å²) in [7, 11) is 0. The normalized spacial score (nSPS) is 12.8. The lowest BCUT2D eigenvalue weighted by molar-refractivity contribution is -0.383. The smallest absolute Gasteiger partial charge is 0.310 e. The first kappa shape index (κ1) is 17.2. The Balaban J connectivity index is 2.89. The minimum absolute atomic E-state index is 0.0210. The number of carboxylic acid groups (broad SMARTS) is 1. The molecule has 1 rings (SSSR count). The first-order valence-electron chi connectivity index (χ1n) is 6.51. The molecule has 0 aromatic heterocycles. The molecule has 0 spiro atoms. The first-order valence-corrected chi connectivity index (χ1v) is 6.89. The van der Waals surface area contributed by atoms with E-state index in [1.54, 1.807) is 6.07 Å². The number of anilines is 1. The van der Waals surface area contributed by atoms with E-state index in [4.69, 9.17) is 11.6 Å². The van der Waals surface area contributed by atoms with E-state index in [0.717, 1.165) is 0 Å². The Hall–Kier alpha value is -1.82. The second-order valence-electron chi connectivity index (χ2n) is 6.07. The van der Waals surface area contributed by atoms with E-state index in [1.165, 1.54) is 12.1 Å². The molecule has 116 valence electrons. The molecule has 0 aliphatic carbocycles. The number of aliphatic carboxylic acids is 1. The quantitative estimate of drug-likeness (QED) is 0.615. The maximum atomic E-state index is 11.3. The van der Waals surface area contributed by atoms with E-state index >= 15 is 0 Å². The van der Waals surface area contributed by atoms with Crippen LogP contribution in [0.25, 0.3) is 0 Å². The Labute approximate surface area is 128 Å². The highest BCUT2D eigenvalue weighted by Gasteiger charge is 2.26. The van der Waals surface area contributed by atoms with Gasteiger partial charge in [-0.05, 0) is 24.0 Å². The monoisotopic (exact) mass is 314 g/mol. The Bertz CT molecular complexity index is 540. The Kier molecular flexibility index (Phi) is 5.54. The topological polar surface area (TPSA) is 92.5 Å². The summed E-state index contributed by atoms with van der Waals surface area (Å²) >= 11 is 5.81. The molecule has 0 radical (unpaired) electrons. The zero-order valence-electron chi connectivity index (χ0n) is 12.2. The summed E-state index contributed by atoms with van der Waals surface area (Å²) in [5, 5.41) is 23.1. The van der Waals surface area contributed by atoms with Crippen molar-refractivity contribution in [2.75, 3.05) is 11.9 Å². The molecule has 1 aromatic rings. The number of hydrogen-bond donors (Lipinski definition) is 2. The summed E-state index contributed by atoms with van der Waals surface area (Å²) in [5.41, 5.74) is -0.155. The summed E-state index contributed by atoms with van der Waals surface area (Å²) < 4.78 is 0. The molecule has 0 bridgehead atoms. The van der Waals surface area contributed by atoms with Gasteiger partial charge in [0.15, 0.2) is 0 Å². The number of nitro benzene ring substituents is 1. The van der Waals surface area contributed by atoms with Gasteiger partial charge in [-0.15, -0.1) is 0 Å². The van der Waals surface area contributed by atoms with Gasteiger partial charge in [-0.3, -0.25) is 14.9 Å². The van der Waals surface area contributed by atoms with Gasteiger partial charge in [0.1, 0.15) is 10.7 Å². The van der Waals surface area contributed by atoms with E-state index in [0.29, 0.717) is 6.42 Å². The zero-order valence-corrected chi connectivity index (χ0v) is 13.0. The largest absolute Gasteiger partial charge is 0.481 e. The van der Waals surface area contributed by atoms with Crippen molar-refractivity contribution < 1.29 is 14.8 Å². The van der Waals surface area contributed by atoms with Crippen molar-refractivity contribution in [3.63, 3.8) is 0 Å². The summed E-state index contributed by atoms with van der Waals surface area (Å²) in [6.07, 6.45) is 0.462. The van der Waals surface area contributed by atoms with Crippen LogP contribution in [-0.4, -0.2) is 22.5 Å². The lowest BCUT2D eigenvalue weighted by Crippen LogP contribution is -2.27. The van der Waals surface area contributed by atoms with Crippen molar-refractivity contribution in [3.05, 3.63) is 33.3 Å². The van der Waals surface area contributed by atoms with Crippen molar-refractivity contribution in [1.29, 1.82) is 0 Å². The number of halogens is 1. The predicted molar refractivity (Wildman–Crippen MR) is 81.8 cm³/mol. The highest BCUT2D eigenvalue weighted by molar-refractivity contribution is 6.33. The number of carboxylic acids is 1. The van der Waals surface area contributed by atoms with Crippen LogP contribution in [0.1, 0.15) is 27.2 Å². The molecule has 6 nitrogen and oxygen atoms in total. The second kappa shape index (κ2) is 6.76. The van der Waals surface area contributed by atoms with Crippen molar-refractivity contribution in [2.45, 2.75) is 27.2 Å². The molecule has 0 aliphatic rings. The molecule has 0 saturated heterocycles. The maximum Gasteiger partial charge on any atom is 0.310 e. The second-order valence-corrected chi connectivity index (χ2v) is 6.48. The molecule has 0 amide bonds. The van der Waals surface area contributed by atoms with Gasteiger partial charge in [0.05, 0.1) is 10.8 Å². The average Bonchev–Trinajstić information content (AvgIpc) is 2.32. The molecule has 0 fully saturated rings. The van der Waals surface area contributed by atoms with Crippen LogP contribution >= 0.6 is 11.6 Å². The molecule has 0 aliphatic heterocycles. The van der Waals surface area contributed by atoms with Gasteiger partial charge in [-0.2, -0.15) is 0 Å². The van der Waals surface area contributed by atoms with Gasteiger partial charge < -0.3 is 10.4 Å². The first-order chi connectivity index (χ1) is 9.61. The van der Waals surface area contributed by atoms with Crippen molar-refractivity contribution in [1.82, 2.24) is 0 Å². The minimum Gasteiger partial charge on any atom is -0.481 e. The fraction of sp³-hybridized carbons (Fsp3) is 0.500. The predicted octanol–water partition coefficient (Wildman–Crippen LogP) is 3.80. The molecule has 0 heterocycles. The number of rotatable bonds is 6. The summed E-state index contributed by atoms with van der Waals surface area (Å²) in [5.74, 6) is -1.56. The lowest BCUT2D eigenvalue weighted by atomic mass is 9.84. The number of nitrogens with zero attached hydrogens (tertiary/aromatic N) is 1. The molecule has 1 aromatic carbocycles. The number of carbonyl (C=O) groups is 1. The number of hydrogen-bond acceptors (Lipinski definition) is 4. The molecule has 0 saturated carbocycles. The maximum absolute atomic E-state index is 11.3. The van der Waals surface area contributed by atoms with Crippen LogP contribution in [0.3, 0.4) is 0 Å². The van der Waals surface area contributed by atoms with E-state index < -0.39 is 16.8 Å². The van der Waals surface area contributed by atoms with E-state index in [9.17, 15) is 20.0 Å². The minimum atomic E-state index is -0.929. The molecule has 2 N–H and O–H groups in total. The molecular formula is C14H19ClN2O4. The fourth-order valence-corrected chi connectivity index (χ4v) is 2.31. The molecule has 1 atom stereocenters. The number of para-hydroxylation sites is 1. The Morgan fingerprint density at radius 3 is 2.57 bits per heavy atom. The van der Waals surface area contributed by atoms with Crippen LogP contribution in [0.2, 0.25) is 5.02 Å². The van der Waals surface area contributed by atoms with Gasteiger partial charge >= 0.3 is 11.7 Å². The highest BCUT2D eigenvalue weighted by atomic mass is 35.5. The highest BCUT2D eigenvalue weighted by Crippen LogP contribution is 2.33. The van der Waals surface area contributed by atoms with E-state index in [-0.39, 0.29) is 28.4 Å². The van der Waals surface area contributed by atoms with Crippen LogP contribution in [-0.2, 0) is 4.79 Å². The Morgan fingerprint density at radius 1 is 1.48 bits per heavy atom. The van der Waals surface area contributed by atoms with Crippen LogP contribution < -0.4 is 5.32 Å². The van der Waals surface area contributed by atoms with Gasteiger partial charge in [-0.25, -0.2) is 0 Å². The van der Waals surface area contributed by atoms with Crippen LogP contribution in [0.5, 0.6) is 0 Å². The molecule has 21 heavy (non-hydrogen) atoms. The van der Waals surface area contributed by atoms with Crippen LogP contribution in [0.4, 0.5) is 11.4 Å². The van der Waals surface area contributed by atoms with Gasteiger partial charge in [-0.1, -0.05) is 38.4 Å². The SMILES string of the molecule is CC(C)(C)CC(CNc1cccc(Cl)c1[N+](=O)[O-])C(=O)O. The third-order valence-corrected chi connectivity index (χ3v) is 3.22. The summed E-state index contributed by atoms with van der Waals surface area (Å²) in [4.78, 5) is 21.7. The van der Waals surface area contributed by atoms with Gasteiger partial charge in [0, 0.05) is 6.54 Å². The van der Waals surface area contributed by atoms with Crippen LogP contribution in [0.15, 0.2) is 18.2 Å². The van der Waals surface area contributed by atoms with Crippen LogP contribution in [0, 0.1) is 21.4 Å². The fourth-order valence-electron chi connectivity index (χ4n) is 2.06. The standard InChI is InChI=1S/C14H19ClN2O4/c1-14(2,3)7-9(13(18)19)8-16-11-6-4-5-10(15)12(11)17(20)21/h4-6,9,16H,7-8H2,1-3H3,(H,18,19). The van der Waals surface area contributed by atoms with Gasteiger partial charge in [0.25, 0.3) is 0 Å². The third kappa shape index (κ3) is 5.23. The van der Waals surface area contributed by atoms with Crippen molar-refractivity contribution in [2.24, 2.45) is 11.3 Å². The van der Waals surface area contributed by atoms with E-state index in [1.807, 2.05) is 20.8 Å². The average molecular weight is 315 g/mol. The van der Waals surface area contributed by atoms with E-state index in [2.05, 4.69) is 5.32 Å². The third-order valence-electron chi connectivity index (χ3n) is 2.92. The molecular weight excluding hydrogens is 296 g/mol. The molecule has 7 heteroatoms. The lowest BCUT2D eigenvalue weighted by Gasteiger charge is -2.23. The molecule has 1 unspecified atom stereocenters. The number of benzene rings is 1. The summed E-state index contributed by atoms with van der Waals surface area (Å²) in [6, 6.07) is 4.52. The number of nitro groups is 1. The zero-order chi connectivity index (χ0) is 16.2.